The average Bonchev–Trinajstić information content (AvgIpc) is 3.33. The number of sulfone groups is 1. The van der Waals surface area contributed by atoms with Gasteiger partial charge in [0.15, 0.2) is 9.84 Å². The van der Waals surface area contributed by atoms with Crippen LogP contribution in [0.2, 0.25) is 0 Å². The van der Waals surface area contributed by atoms with Gasteiger partial charge in [-0.05, 0) is 44.7 Å². The molecular formula is C21H32N2O3S2. The zero-order valence-corrected chi connectivity index (χ0v) is 18.5. The van der Waals surface area contributed by atoms with Crippen molar-refractivity contribution in [3.8, 4) is 0 Å². The summed E-state index contributed by atoms with van der Waals surface area (Å²) in [6, 6.07) is 7.92. The fourth-order valence-electron chi connectivity index (χ4n) is 4.25. The monoisotopic (exact) mass is 424 g/mol. The van der Waals surface area contributed by atoms with E-state index in [1.807, 2.05) is 19.9 Å². The quantitative estimate of drug-likeness (QED) is 0.647. The molecule has 2 fully saturated rings. The third-order valence-electron chi connectivity index (χ3n) is 5.74. The summed E-state index contributed by atoms with van der Waals surface area (Å²) in [5.74, 6) is 0.121. The van der Waals surface area contributed by atoms with Gasteiger partial charge in [0.2, 0.25) is 5.91 Å². The minimum absolute atomic E-state index is 0.00837. The van der Waals surface area contributed by atoms with Crippen molar-refractivity contribution in [1.82, 2.24) is 10.2 Å². The number of thioether (sulfide) groups is 1. The Bertz CT molecular complexity index is 776. The molecule has 1 aliphatic carbocycles. The molecule has 2 atom stereocenters. The van der Waals surface area contributed by atoms with Gasteiger partial charge in [-0.25, -0.2) is 8.42 Å². The topological polar surface area (TPSA) is 66.5 Å². The van der Waals surface area contributed by atoms with Crippen molar-refractivity contribution in [2.75, 3.05) is 18.8 Å². The first-order valence-corrected chi connectivity index (χ1v) is 13.0. The number of nitrogens with zero attached hydrogens (tertiary/aromatic N) is 1. The summed E-state index contributed by atoms with van der Waals surface area (Å²) in [6.07, 6.45) is 6.81. The van der Waals surface area contributed by atoms with Crippen LogP contribution in [0.15, 0.2) is 34.1 Å². The van der Waals surface area contributed by atoms with E-state index in [0.29, 0.717) is 22.3 Å². The molecule has 28 heavy (non-hydrogen) atoms. The highest BCUT2D eigenvalue weighted by Crippen LogP contribution is 2.31. The summed E-state index contributed by atoms with van der Waals surface area (Å²) in [6.45, 7) is 5.72. The summed E-state index contributed by atoms with van der Waals surface area (Å²) in [7, 11) is -3.31. The van der Waals surface area contributed by atoms with Crippen LogP contribution in [0.5, 0.6) is 0 Å². The molecule has 3 rings (SSSR count). The van der Waals surface area contributed by atoms with E-state index in [0.717, 1.165) is 19.5 Å². The second-order valence-corrected chi connectivity index (χ2v) is 11.4. The maximum Gasteiger partial charge on any atom is 0.233 e. The molecule has 0 bridgehead atoms. The van der Waals surface area contributed by atoms with Gasteiger partial charge in [-0.3, -0.25) is 9.69 Å². The van der Waals surface area contributed by atoms with E-state index >= 15 is 0 Å². The average molecular weight is 425 g/mol. The molecule has 2 unspecified atom stereocenters. The van der Waals surface area contributed by atoms with Crippen molar-refractivity contribution < 1.29 is 13.2 Å². The van der Waals surface area contributed by atoms with E-state index in [1.165, 1.54) is 37.4 Å². The molecule has 7 heteroatoms. The first-order valence-electron chi connectivity index (χ1n) is 10.4. The number of rotatable bonds is 8. The summed E-state index contributed by atoms with van der Waals surface area (Å²) >= 11 is 1.34. The van der Waals surface area contributed by atoms with Crippen LogP contribution in [0.3, 0.4) is 0 Å². The van der Waals surface area contributed by atoms with Crippen LogP contribution in [0.25, 0.3) is 0 Å². The highest BCUT2D eigenvalue weighted by molar-refractivity contribution is 8.01. The minimum atomic E-state index is -3.31. The van der Waals surface area contributed by atoms with Gasteiger partial charge in [0.25, 0.3) is 0 Å². The summed E-state index contributed by atoms with van der Waals surface area (Å²) in [5, 5.41) is 2.85. The predicted molar refractivity (Wildman–Crippen MR) is 114 cm³/mol. The van der Waals surface area contributed by atoms with Crippen molar-refractivity contribution in [3.63, 3.8) is 0 Å². The Hall–Kier alpha value is -1.05. The standard InChI is InChI=1S/C21H32N2O3S2/c1-3-14-28(25,26)20-11-7-6-10-19(20)27-16(2)21(24)22-17-12-13-23(15-17)18-8-4-5-9-18/h6-7,10-11,16-18H,3-5,8-9,12-15H2,1-2H3,(H,22,24). The molecule has 156 valence electrons. The molecule has 1 amide bonds. The zero-order chi connectivity index (χ0) is 20.1. The maximum absolute atomic E-state index is 12.7. The molecule has 1 aliphatic heterocycles. The maximum atomic E-state index is 12.7. The van der Waals surface area contributed by atoms with Gasteiger partial charge in [0.1, 0.15) is 0 Å². The normalized spacial score (nSPS) is 22.4. The molecule has 1 aromatic carbocycles. The van der Waals surface area contributed by atoms with E-state index in [1.54, 1.807) is 18.2 Å². The number of nitrogens with one attached hydrogen (secondary N) is 1. The lowest BCUT2D eigenvalue weighted by Crippen LogP contribution is -2.42. The lowest BCUT2D eigenvalue weighted by Gasteiger charge is -2.24. The van der Waals surface area contributed by atoms with Gasteiger partial charge >= 0.3 is 0 Å². The predicted octanol–water partition coefficient (Wildman–Crippen LogP) is 3.48. The summed E-state index contributed by atoms with van der Waals surface area (Å²) < 4.78 is 25.1. The number of hydrogen-bond acceptors (Lipinski definition) is 5. The molecule has 0 spiro atoms. The number of carbonyl (C=O) groups is 1. The van der Waals surface area contributed by atoms with Crippen molar-refractivity contribution in [2.24, 2.45) is 0 Å². The summed E-state index contributed by atoms with van der Waals surface area (Å²) in [4.78, 5) is 16.3. The largest absolute Gasteiger partial charge is 0.351 e. The molecule has 1 aromatic rings. The van der Waals surface area contributed by atoms with E-state index in [9.17, 15) is 13.2 Å². The van der Waals surface area contributed by atoms with Crippen molar-refractivity contribution in [1.29, 1.82) is 0 Å². The number of carbonyl (C=O) groups excluding carboxylic acids is 1. The second-order valence-electron chi connectivity index (χ2n) is 7.95. The Morgan fingerprint density at radius 2 is 1.96 bits per heavy atom. The van der Waals surface area contributed by atoms with Gasteiger partial charge in [-0.1, -0.05) is 31.9 Å². The van der Waals surface area contributed by atoms with Crippen LogP contribution in [0.1, 0.15) is 52.4 Å². The molecule has 1 heterocycles. The molecule has 0 aromatic heterocycles. The molecule has 1 N–H and O–H groups in total. The second kappa shape index (κ2) is 9.63. The van der Waals surface area contributed by atoms with Crippen LogP contribution >= 0.6 is 11.8 Å². The number of hydrogen-bond donors (Lipinski definition) is 1. The Balaban J connectivity index is 1.58. The van der Waals surface area contributed by atoms with Gasteiger partial charge in [-0.15, -0.1) is 11.8 Å². The highest BCUT2D eigenvalue weighted by atomic mass is 32.2. The number of amides is 1. The van der Waals surface area contributed by atoms with E-state index in [-0.39, 0.29) is 23.0 Å². The zero-order valence-electron chi connectivity index (χ0n) is 16.9. The van der Waals surface area contributed by atoms with E-state index in [2.05, 4.69) is 10.2 Å². The van der Waals surface area contributed by atoms with Crippen LogP contribution in [-0.4, -0.2) is 55.4 Å². The Labute approximate surface area is 173 Å². The number of likely N-dealkylation sites (tertiary alicyclic amines) is 1. The van der Waals surface area contributed by atoms with Crippen LogP contribution < -0.4 is 5.32 Å². The van der Waals surface area contributed by atoms with Gasteiger partial charge < -0.3 is 5.32 Å². The number of benzene rings is 1. The van der Waals surface area contributed by atoms with Gasteiger partial charge in [0, 0.05) is 30.1 Å². The Morgan fingerprint density at radius 3 is 2.68 bits per heavy atom. The molecule has 5 nitrogen and oxygen atoms in total. The lowest BCUT2D eigenvalue weighted by atomic mass is 10.2. The molecule has 1 saturated carbocycles. The van der Waals surface area contributed by atoms with Crippen molar-refractivity contribution >= 4 is 27.5 Å². The van der Waals surface area contributed by atoms with E-state index in [4.69, 9.17) is 0 Å². The molecular weight excluding hydrogens is 392 g/mol. The minimum Gasteiger partial charge on any atom is -0.351 e. The third-order valence-corrected chi connectivity index (χ3v) is 9.02. The molecule has 2 aliphatic rings. The van der Waals surface area contributed by atoms with Gasteiger partial charge in [-0.2, -0.15) is 0 Å². The fraction of sp³-hybridized carbons (Fsp3) is 0.667. The third kappa shape index (κ3) is 5.30. The first kappa shape index (κ1) is 21.7. The lowest BCUT2D eigenvalue weighted by molar-refractivity contribution is -0.120. The van der Waals surface area contributed by atoms with Gasteiger partial charge in [0.05, 0.1) is 15.9 Å². The fourth-order valence-corrected chi connectivity index (χ4v) is 7.09. The Kier molecular flexibility index (Phi) is 7.45. The van der Waals surface area contributed by atoms with Crippen LogP contribution in [0.4, 0.5) is 0 Å². The summed E-state index contributed by atoms with van der Waals surface area (Å²) in [5.41, 5.74) is 0. The molecule has 1 saturated heterocycles. The van der Waals surface area contributed by atoms with Crippen LogP contribution in [-0.2, 0) is 14.6 Å². The first-order chi connectivity index (χ1) is 13.4. The smallest absolute Gasteiger partial charge is 0.233 e. The van der Waals surface area contributed by atoms with Crippen LogP contribution in [0, 0.1) is 0 Å². The molecule has 0 radical (unpaired) electrons. The van der Waals surface area contributed by atoms with E-state index < -0.39 is 9.84 Å². The SMILES string of the molecule is CCCS(=O)(=O)c1ccccc1SC(C)C(=O)NC1CCN(C2CCCC2)C1. The van der Waals surface area contributed by atoms with Crippen molar-refractivity contribution in [2.45, 2.75) is 79.5 Å². The Morgan fingerprint density at radius 1 is 1.25 bits per heavy atom. The highest BCUT2D eigenvalue weighted by Gasteiger charge is 2.31. The van der Waals surface area contributed by atoms with Crippen molar-refractivity contribution in [3.05, 3.63) is 24.3 Å².